The van der Waals surface area contributed by atoms with Crippen molar-refractivity contribution in [3.63, 3.8) is 0 Å². The fourth-order valence-electron chi connectivity index (χ4n) is 2.25. The van der Waals surface area contributed by atoms with Crippen molar-refractivity contribution in [1.29, 1.82) is 0 Å². The van der Waals surface area contributed by atoms with Crippen LogP contribution in [0.5, 0.6) is 0 Å². The maximum absolute atomic E-state index is 14.0. The molecule has 106 valence electrons. The Morgan fingerprint density at radius 1 is 1.05 bits per heavy atom. The highest BCUT2D eigenvalue weighted by Gasteiger charge is 2.17. The lowest BCUT2D eigenvalue weighted by Gasteiger charge is -2.20. The zero-order chi connectivity index (χ0) is 14.5. The highest BCUT2D eigenvalue weighted by Crippen LogP contribution is 2.25. The molecule has 0 fully saturated rings. The first-order valence-electron chi connectivity index (χ1n) is 6.87. The molecule has 0 aromatic heterocycles. The normalized spacial score (nSPS) is 12.4. The maximum Gasteiger partial charge on any atom is 0.128 e. The molecule has 2 rings (SSSR count). The van der Waals surface area contributed by atoms with Crippen molar-refractivity contribution in [2.24, 2.45) is 0 Å². The van der Waals surface area contributed by atoms with Crippen molar-refractivity contribution < 1.29 is 8.78 Å². The molecule has 3 heteroatoms. The van der Waals surface area contributed by atoms with Crippen molar-refractivity contribution in [3.8, 4) is 0 Å². The molecule has 0 bridgehead atoms. The zero-order valence-electron chi connectivity index (χ0n) is 11.8. The van der Waals surface area contributed by atoms with Crippen molar-refractivity contribution in [2.45, 2.75) is 26.3 Å². The molecule has 20 heavy (non-hydrogen) atoms. The maximum atomic E-state index is 14.0. The Morgan fingerprint density at radius 3 is 2.45 bits per heavy atom. The minimum atomic E-state index is -0.254. The molecule has 2 aromatic rings. The number of hydrogen-bond donors (Lipinski definition) is 1. The minimum Gasteiger partial charge on any atom is -0.306 e. The molecule has 0 aliphatic carbocycles. The van der Waals surface area contributed by atoms with Crippen LogP contribution in [0, 0.1) is 18.6 Å². The molecular weight excluding hydrogens is 256 g/mol. The van der Waals surface area contributed by atoms with Gasteiger partial charge in [-0.25, -0.2) is 8.78 Å². The standard InChI is InChI=1S/C17H19F2N/c1-3-10-20-17(14-6-4-5-7-16(14)19)13-8-9-15(18)12(2)11-13/h4-9,11,17,20H,3,10H2,1-2H3. The van der Waals surface area contributed by atoms with Crippen molar-refractivity contribution in [3.05, 3.63) is 70.8 Å². The Hall–Kier alpha value is -1.74. The number of aryl methyl sites for hydroxylation is 1. The number of hydrogen-bond acceptors (Lipinski definition) is 1. The van der Waals surface area contributed by atoms with Crippen molar-refractivity contribution >= 4 is 0 Å². The van der Waals surface area contributed by atoms with Crippen LogP contribution >= 0.6 is 0 Å². The average Bonchev–Trinajstić information content (AvgIpc) is 2.44. The van der Waals surface area contributed by atoms with Crippen LogP contribution in [-0.4, -0.2) is 6.54 Å². The number of benzene rings is 2. The van der Waals surface area contributed by atoms with Gasteiger partial charge in [-0.15, -0.1) is 0 Å². The van der Waals surface area contributed by atoms with Crippen LogP contribution in [-0.2, 0) is 0 Å². The lowest BCUT2D eigenvalue weighted by molar-refractivity contribution is 0.545. The van der Waals surface area contributed by atoms with Gasteiger partial charge in [-0.05, 0) is 43.1 Å². The summed E-state index contributed by atoms with van der Waals surface area (Å²) in [4.78, 5) is 0. The monoisotopic (exact) mass is 275 g/mol. The van der Waals surface area contributed by atoms with Crippen LogP contribution in [0.25, 0.3) is 0 Å². The smallest absolute Gasteiger partial charge is 0.128 e. The van der Waals surface area contributed by atoms with Gasteiger partial charge >= 0.3 is 0 Å². The van der Waals surface area contributed by atoms with E-state index < -0.39 is 0 Å². The minimum absolute atomic E-state index is 0.239. The summed E-state index contributed by atoms with van der Waals surface area (Å²) in [5.41, 5.74) is 2.04. The molecule has 0 amide bonds. The molecule has 0 spiro atoms. The van der Waals surface area contributed by atoms with E-state index >= 15 is 0 Å². The molecule has 1 N–H and O–H groups in total. The van der Waals surface area contributed by atoms with E-state index in [4.69, 9.17) is 0 Å². The van der Waals surface area contributed by atoms with Gasteiger partial charge in [-0.3, -0.25) is 0 Å². The third-order valence-corrected chi connectivity index (χ3v) is 3.33. The molecule has 0 saturated heterocycles. The largest absolute Gasteiger partial charge is 0.306 e. The van der Waals surface area contributed by atoms with Crippen LogP contribution < -0.4 is 5.32 Å². The van der Waals surface area contributed by atoms with E-state index in [2.05, 4.69) is 12.2 Å². The number of halogens is 2. The Kier molecular flexibility index (Phi) is 4.85. The predicted octanol–water partition coefficient (Wildman–Crippen LogP) is 4.36. The summed E-state index contributed by atoms with van der Waals surface area (Å²) >= 11 is 0. The SMILES string of the molecule is CCCNC(c1ccc(F)c(C)c1)c1ccccc1F. The quantitative estimate of drug-likeness (QED) is 0.854. The highest BCUT2D eigenvalue weighted by atomic mass is 19.1. The van der Waals surface area contributed by atoms with Crippen LogP contribution in [0.15, 0.2) is 42.5 Å². The van der Waals surface area contributed by atoms with Crippen LogP contribution in [0.4, 0.5) is 8.78 Å². The van der Waals surface area contributed by atoms with Gasteiger partial charge < -0.3 is 5.32 Å². The Morgan fingerprint density at radius 2 is 1.80 bits per heavy atom. The van der Waals surface area contributed by atoms with Gasteiger partial charge in [0.05, 0.1) is 6.04 Å². The Balaban J connectivity index is 2.41. The van der Waals surface area contributed by atoms with E-state index in [0.717, 1.165) is 18.5 Å². The van der Waals surface area contributed by atoms with Crippen molar-refractivity contribution in [2.75, 3.05) is 6.54 Å². The van der Waals surface area contributed by atoms with Gasteiger partial charge in [-0.2, -0.15) is 0 Å². The molecule has 1 nitrogen and oxygen atoms in total. The van der Waals surface area contributed by atoms with Crippen LogP contribution in [0.2, 0.25) is 0 Å². The summed E-state index contributed by atoms with van der Waals surface area (Å²) in [6, 6.07) is 11.4. The third kappa shape index (κ3) is 3.23. The van der Waals surface area contributed by atoms with Gasteiger partial charge in [-0.1, -0.05) is 37.3 Å². The lowest BCUT2D eigenvalue weighted by Crippen LogP contribution is -2.24. The third-order valence-electron chi connectivity index (χ3n) is 3.33. The molecule has 0 aliphatic rings. The first-order chi connectivity index (χ1) is 9.63. The van der Waals surface area contributed by atoms with Crippen LogP contribution in [0.3, 0.4) is 0 Å². The Bertz CT molecular complexity index is 581. The summed E-state index contributed by atoms with van der Waals surface area (Å²) < 4.78 is 27.4. The molecule has 2 aromatic carbocycles. The molecule has 0 aliphatic heterocycles. The summed E-state index contributed by atoms with van der Waals surface area (Å²) in [5.74, 6) is -0.486. The van der Waals surface area contributed by atoms with E-state index in [9.17, 15) is 8.78 Å². The summed E-state index contributed by atoms with van der Waals surface area (Å²) in [6.07, 6.45) is 0.950. The molecule has 0 radical (unpaired) electrons. The van der Waals surface area contributed by atoms with Crippen LogP contribution in [0.1, 0.15) is 36.1 Å². The fourth-order valence-corrected chi connectivity index (χ4v) is 2.25. The molecule has 0 saturated carbocycles. The lowest BCUT2D eigenvalue weighted by atomic mass is 9.96. The van der Waals surface area contributed by atoms with Gasteiger partial charge in [0.1, 0.15) is 11.6 Å². The zero-order valence-corrected chi connectivity index (χ0v) is 11.8. The van der Waals surface area contributed by atoms with E-state index in [-0.39, 0.29) is 17.7 Å². The van der Waals surface area contributed by atoms with E-state index in [1.54, 1.807) is 31.2 Å². The first kappa shape index (κ1) is 14.7. The van der Waals surface area contributed by atoms with E-state index in [0.29, 0.717) is 11.1 Å². The second kappa shape index (κ2) is 6.62. The van der Waals surface area contributed by atoms with Gasteiger partial charge in [0, 0.05) is 5.56 Å². The molecular formula is C17H19F2N. The van der Waals surface area contributed by atoms with Gasteiger partial charge in [0.25, 0.3) is 0 Å². The number of rotatable bonds is 5. The molecule has 1 atom stereocenters. The topological polar surface area (TPSA) is 12.0 Å². The summed E-state index contributed by atoms with van der Waals surface area (Å²) in [6.45, 7) is 4.55. The summed E-state index contributed by atoms with van der Waals surface area (Å²) in [5, 5.41) is 3.33. The van der Waals surface area contributed by atoms with E-state index in [1.807, 2.05) is 6.07 Å². The fraction of sp³-hybridized carbons (Fsp3) is 0.294. The summed E-state index contributed by atoms with van der Waals surface area (Å²) in [7, 11) is 0. The first-order valence-corrected chi connectivity index (χ1v) is 6.87. The molecule has 1 unspecified atom stereocenters. The second-order valence-electron chi connectivity index (χ2n) is 4.92. The van der Waals surface area contributed by atoms with Gasteiger partial charge in [0.2, 0.25) is 0 Å². The highest BCUT2D eigenvalue weighted by molar-refractivity contribution is 5.35. The van der Waals surface area contributed by atoms with E-state index in [1.165, 1.54) is 12.1 Å². The number of nitrogens with one attached hydrogen (secondary N) is 1. The Labute approximate surface area is 118 Å². The second-order valence-corrected chi connectivity index (χ2v) is 4.92. The predicted molar refractivity (Wildman–Crippen MR) is 77.7 cm³/mol. The van der Waals surface area contributed by atoms with Gasteiger partial charge in [0.15, 0.2) is 0 Å². The van der Waals surface area contributed by atoms with Crippen molar-refractivity contribution in [1.82, 2.24) is 5.32 Å². The molecule has 0 heterocycles. The average molecular weight is 275 g/mol.